The smallest absolute Gasteiger partial charge is 0.336 e. The van der Waals surface area contributed by atoms with Crippen LogP contribution in [0, 0.1) is 13.8 Å². The molecule has 0 heterocycles. The van der Waals surface area contributed by atoms with E-state index in [1.54, 1.807) is 38.1 Å². The van der Waals surface area contributed by atoms with Gasteiger partial charge in [0.15, 0.2) is 5.78 Å². The van der Waals surface area contributed by atoms with Crippen LogP contribution in [0.1, 0.15) is 51.6 Å². The standard InChI is InChI=1S/C23H28O7/c1-4-6-19(24)18-9-10-21(16(3)22(18)25)30-14-12-28-11-13-29-20-8-5-7-17(15(20)2)23(26)27/h5,7-10,25H,4,6,11-14H2,1-3H3,(H,26,27). The molecule has 2 aromatic carbocycles. The zero-order valence-corrected chi connectivity index (χ0v) is 17.6. The van der Waals surface area contributed by atoms with Gasteiger partial charge in [0.25, 0.3) is 0 Å². The summed E-state index contributed by atoms with van der Waals surface area (Å²) in [6, 6.07) is 8.15. The molecule has 162 valence electrons. The highest BCUT2D eigenvalue weighted by molar-refractivity contribution is 5.99. The highest BCUT2D eigenvalue weighted by Crippen LogP contribution is 2.31. The van der Waals surface area contributed by atoms with E-state index in [9.17, 15) is 14.7 Å². The first-order chi connectivity index (χ1) is 14.4. The van der Waals surface area contributed by atoms with E-state index in [0.717, 1.165) is 6.42 Å². The summed E-state index contributed by atoms with van der Waals surface area (Å²) in [5, 5.41) is 19.4. The maximum atomic E-state index is 12.0. The number of carboxylic acids is 1. The van der Waals surface area contributed by atoms with Gasteiger partial charge in [-0.1, -0.05) is 13.0 Å². The Kier molecular flexibility index (Phi) is 8.68. The highest BCUT2D eigenvalue weighted by atomic mass is 16.5. The second kappa shape index (κ2) is 11.2. The Morgan fingerprint density at radius 2 is 1.50 bits per heavy atom. The summed E-state index contributed by atoms with van der Waals surface area (Å²) in [6.45, 7) is 6.50. The first-order valence-corrected chi connectivity index (χ1v) is 9.88. The van der Waals surface area contributed by atoms with E-state index in [4.69, 9.17) is 19.3 Å². The van der Waals surface area contributed by atoms with Crippen molar-refractivity contribution in [2.45, 2.75) is 33.6 Å². The van der Waals surface area contributed by atoms with Gasteiger partial charge in [0.1, 0.15) is 30.5 Å². The largest absolute Gasteiger partial charge is 0.507 e. The Labute approximate surface area is 176 Å². The average molecular weight is 416 g/mol. The van der Waals surface area contributed by atoms with Crippen LogP contribution in [-0.4, -0.2) is 48.4 Å². The number of carboxylic acid groups (broad SMARTS) is 1. The Bertz CT molecular complexity index is 889. The molecule has 0 bridgehead atoms. The Balaban J connectivity index is 1.75. The molecule has 2 rings (SSSR count). The van der Waals surface area contributed by atoms with E-state index in [1.165, 1.54) is 6.07 Å². The first-order valence-electron chi connectivity index (χ1n) is 9.88. The number of phenols is 1. The third-order valence-corrected chi connectivity index (χ3v) is 4.64. The molecule has 7 heteroatoms. The van der Waals surface area contributed by atoms with Crippen LogP contribution in [0.4, 0.5) is 0 Å². The Morgan fingerprint density at radius 1 is 0.867 bits per heavy atom. The number of ketones is 1. The lowest BCUT2D eigenvalue weighted by Gasteiger charge is -2.13. The third-order valence-electron chi connectivity index (χ3n) is 4.64. The molecule has 0 aliphatic carbocycles. The minimum Gasteiger partial charge on any atom is -0.507 e. The van der Waals surface area contributed by atoms with Crippen LogP contribution in [0.15, 0.2) is 30.3 Å². The summed E-state index contributed by atoms with van der Waals surface area (Å²) in [6.07, 6.45) is 1.12. The number of carbonyl (C=O) groups excluding carboxylic acids is 1. The number of aromatic carboxylic acids is 1. The molecule has 30 heavy (non-hydrogen) atoms. The average Bonchev–Trinajstić information content (AvgIpc) is 2.71. The molecule has 0 spiro atoms. The minimum absolute atomic E-state index is 0.0424. The van der Waals surface area contributed by atoms with Gasteiger partial charge in [-0.15, -0.1) is 0 Å². The van der Waals surface area contributed by atoms with Crippen LogP contribution < -0.4 is 9.47 Å². The zero-order chi connectivity index (χ0) is 22.1. The number of rotatable bonds is 12. The van der Waals surface area contributed by atoms with Crippen LogP contribution in [0.3, 0.4) is 0 Å². The molecule has 0 atom stereocenters. The Hall–Kier alpha value is -3.06. The normalized spacial score (nSPS) is 10.6. The van der Waals surface area contributed by atoms with Crippen molar-refractivity contribution in [3.63, 3.8) is 0 Å². The van der Waals surface area contributed by atoms with Crippen molar-refractivity contribution in [3.8, 4) is 17.2 Å². The summed E-state index contributed by atoms with van der Waals surface area (Å²) in [4.78, 5) is 23.1. The van der Waals surface area contributed by atoms with Crippen molar-refractivity contribution in [1.29, 1.82) is 0 Å². The van der Waals surface area contributed by atoms with Crippen LogP contribution in [-0.2, 0) is 4.74 Å². The fourth-order valence-electron chi connectivity index (χ4n) is 2.95. The van der Waals surface area contributed by atoms with Crippen molar-refractivity contribution < 1.29 is 34.0 Å². The van der Waals surface area contributed by atoms with Crippen LogP contribution >= 0.6 is 0 Å². The summed E-state index contributed by atoms with van der Waals surface area (Å²) in [5.41, 5.74) is 1.62. The highest BCUT2D eigenvalue weighted by Gasteiger charge is 2.15. The number of hydrogen-bond donors (Lipinski definition) is 2. The van der Waals surface area contributed by atoms with E-state index in [2.05, 4.69) is 0 Å². The molecular formula is C23H28O7. The first kappa shape index (κ1) is 23.2. The molecule has 0 saturated carbocycles. The molecule has 0 unspecified atom stereocenters. The summed E-state index contributed by atoms with van der Waals surface area (Å²) < 4.78 is 16.7. The molecule has 0 amide bonds. The van der Waals surface area contributed by atoms with Crippen LogP contribution in [0.2, 0.25) is 0 Å². The topological polar surface area (TPSA) is 102 Å². The zero-order valence-electron chi connectivity index (χ0n) is 17.6. The monoisotopic (exact) mass is 416 g/mol. The number of aromatic hydroxyl groups is 1. The van der Waals surface area contributed by atoms with E-state index in [0.29, 0.717) is 47.8 Å². The molecule has 0 saturated heterocycles. The van der Waals surface area contributed by atoms with Crippen molar-refractivity contribution in [2.24, 2.45) is 0 Å². The lowest BCUT2D eigenvalue weighted by atomic mass is 10.0. The molecule has 0 radical (unpaired) electrons. The van der Waals surface area contributed by atoms with Gasteiger partial charge in [0, 0.05) is 17.5 Å². The summed E-state index contributed by atoms with van der Waals surface area (Å²) in [5.74, 6) is -0.105. The van der Waals surface area contributed by atoms with Gasteiger partial charge in [-0.25, -0.2) is 4.79 Å². The molecule has 0 aliphatic rings. The molecular weight excluding hydrogens is 388 g/mol. The summed E-state index contributed by atoms with van der Waals surface area (Å²) >= 11 is 0. The fourth-order valence-corrected chi connectivity index (χ4v) is 2.95. The van der Waals surface area contributed by atoms with E-state index >= 15 is 0 Å². The Morgan fingerprint density at radius 3 is 2.10 bits per heavy atom. The fraction of sp³-hybridized carbons (Fsp3) is 0.391. The molecule has 7 nitrogen and oxygen atoms in total. The number of carbonyl (C=O) groups is 2. The molecule has 2 N–H and O–H groups in total. The predicted molar refractivity (Wildman–Crippen MR) is 112 cm³/mol. The van der Waals surface area contributed by atoms with Crippen molar-refractivity contribution in [2.75, 3.05) is 26.4 Å². The van der Waals surface area contributed by atoms with Crippen molar-refractivity contribution in [1.82, 2.24) is 0 Å². The molecule has 0 aliphatic heterocycles. The lowest BCUT2D eigenvalue weighted by molar-refractivity contribution is 0.0692. The van der Waals surface area contributed by atoms with E-state index in [1.807, 2.05) is 6.92 Å². The molecule has 2 aromatic rings. The van der Waals surface area contributed by atoms with Crippen LogP contribution in [0.25, 0.3) is 0 Å². The van der Waals surface area contributed by atoms with Crippen molar-refractivity contribution >= 4 is 11.8 Å². The van der Waals surface area contributed by atoms with Crippen molar-refractivity contribution in [3.05, 3.63) is 52.6 Å². The predicted octanol–water partition coefficient (Wildman–Crippen LogP) is 4.16. The van der Waals surface area contributed by atoms with Crippen LogP contribution in [0.5, 0.6) is 17.2 Å². The van der Waals surface area contributed by atoms with E-state index < -0.39 is 5.97 Å². The number of Topliss-reactive ketones (excluding diaryl/α,β-unsaturated/α-hetero) is 1. The maximum Gasteiger partial charge on any atom is 0.336 e. The lowest BCUT2D eigenvalue weighted by Crippen LogP contribution is -2.13. The minimum atomic E-state index is -0.990. The molecule has 0 fully saturated rings. The second-order valence-electron chi connectivity index (χ2n) is 6.80. The van der Waals surface area contributed by atoms with Gasteiger partial charge in [-0.05, 0) is 44.5 Å². The summed E-state index contributed by atoms with van der Waals surface area (Å²) in [7, 11) is 0. The third kappa shape index (κ3) is 5.97. The van der Waals surface area contributed by atoms with Gasteiger partial charge in [0.2, 0.25) is 0 Å². The van der Waals surface area contributed by atoms with Gasteiger partial charge in [0.05, 0.1) is 24.3 Å². The van der Waals surface area contributed by atoms with Gasteiger partial charge < -0.3 is 24.4 Å². The van der Waals surface area contributed by atoms with Gasteiger partial charge >= 0.3 is 5.97 Å². The SMILES string of the molecule is CCCC(=O)c1ccc(OCCOCCOc2cccc(C(=O)O)c2C)c(C)c1O. The molecule has 0 aromatic heterocycles. The van der Waals surface area contributed by atoms with Gasteiger partial charge in [-0.2, -0.15) is 0 Å². The van der Waals surface area contributed by atoms with Gasteiger partial charge in [-0.3, -0.25) is 4.79 Å². The second-order valence-corrected chi connectivity index (χ2v) is 6.80. The number of phenolic OH excluding ortho intramolecular Hbond substituents is 1. The van der Waals surface area contributed by atoms with E-state index in [-0.39, 0.29) is 30.3 Å². The number of hydrogen-bond acceptors (Lipinski definition) is 6. The number of benzene rings is 2. The number of ether oxygens (including phenoxy) is 3. The quantitative estimate of drug-likeness (QED) is 0.395. The maximum absolute atomic E-state index is 12.0.